The summed E-state index contributed by atoms with van der Waals surface area (Å²) in [7, 11) is 0. The van der Waals surface area contributed by atoms with E-state index in [4.69, 9.17) is 9.47 Å². The van der Waals surface area contributed by atoms with Crippen LogP contribution in [0, 0.1) is 23.7 Å². The van der Waals surface area contributed by atoms with Gasteiger partial charge >= 0.3 is 12.3 Å². The number of carbonyl (C=O) groups is 1. The van der Waals surface area contributed by atoms with Crippen LogP contribution in [-0.4, -0.2) is 32.7 Å². The van der Waals surface area contributed by atoms with Crippen molar-refractivity contribution < 1.29 is 27.4 Å². The molecule has 0 saturated carbocycles. The summed E-state index contributed by atoms with van der Waals surface area (Å²) in [5.41, 5.74) is 0.00956. The second kappa shape index (κ2) is 9.42. The van der Waals surface area contributed by atoms with Crippen molar-refractivity contribution >= 4 is 17.5 Å². The lowest BCUT2D eigenvalue weighted by Crippen LogP contribution is -2.22. The normalized spacial score (nSPS) is 12.8. The van der Waals surface area contributed by atoms with Crippen molar-refractivity contribution in [2.24, 2.45) is 5.41 Å². The monoisotopic (exact) mass is 493 g/mol. The molecule has 12 heteroatoms. The third-order valence-corrected chi connectivity index (χ3v) is 5.45. The fraction of sp³-hybridized carbons (Fsp3) is 0.409. The summed E-state index contributed by atoms with van der Waals surface area (Å²) in [5.74, 6) is 0. The van der Waals surface area contributed by atoms with Crippen molar-refractivity contribution in [3.63, 3.8) is 0 Å². The molecule has 2 aromatic heterocycles. The van der Waals surface area contributed by atoms with Gasteiger partial charge < -0.3 is 9.47 Å². The molecule has 0 radical (unpaired) electrons. The van der Waals surface area contributed by atoms with Crippen LogP contribution in [0.15, 0.2) is 24.3 Å². The third kappa shape index (κ3) is 5.91. The van der Waals surface area contributed by atoms with Crippen LogP contribution < -0.4 is 0 Å². The summed E-state index contributed by atoms with van der Waals surface area (Å²) >= 11 is 1.25. The number of thiazole rings is 1. The Morgan fingerprint density at radius 2 is 1.82 bits per heavy atom. The Labute approximate surface area is 197 Å². The number of nitriles is 1. The second-order valence-electron chi connectivity index (χ2n) is 8.64. The third-order valence-electron chi connectivity index (χ3n) is 4.43. The number of rotatable bonds is 5. The number of carbonyl (C=O) groups excluding carboxylic acids is 1. The van der Waals surface area contributed by atoms with Gasteiger partial charge in [-0.25, -0.2) is 9.78 Å². The zero-order valence-corrected chi connectivity index (χ0v) is 19.9. The fourth-order valence-corrected chi connectivity index (χ4v) is 3.68. The first-order valence-electron chi connectivity index (χ1n) is 10.1. The van der Waals surface area contributed by atoms with Gasteiger partial charge in [-0.1, -0.05) is 32.9 Å². The van der Waals surface area contributed by atoms with E-state index in [2.05, 4.69) is 15.2 Å². The highest BCUT2D eigenvalue weighted by Crippen LogP contribution is 2.35. The smallest absolute Gasteiger partial charge is 0.434 e. The molecule has 0 bridgehead atoms. The lowest BCUT2D eigenvalue weighted by molar-refractivity contribution is -0.137. The zero-order chi connectivity index (χ0) is 25.3. The maximum absolute atomic E-state index is 12.8. The van der Waals surface area contributed by atoms with Crippen LogP contribution in [0.4, 0.5) is 18.0 Å². The Kier molecular flexibility index (Phi) is 6.97. The van der Waals surface area contributed by atoms with Crippen molar-refractivity contribution in [1.29, 1.82) is 5.26 Å². The molecule has 0 spiro atoms. The lowest BCUT2D eigenvalue weighted by atomic mass is 9.99. The van der Waals surface area contributed by atoms with Gasteiger partial charge in [0.1, 0.15) is 16.8 Å². The molecule has 0 aliphatic carbocycles. The number of halogens is 3. The number of hydrogen-bond donors (Lipinski definition) is 0. The van der Waals surface area contributed by atoms with E-state index >= 15 is 0 Å². The van der Waals surface area contributed by atoms with Gasteiger partial charge in [0.05, 0.1) is 12.2 Å². The van der Waals surface area contributed by atoms with Gasteiger partial charge in [0.15, 0.2) is 11.4 Å². The van der Waals surface area contributed by atoms with E-state index in [0.717, 1.165) is 16.9 Å². The van der Waals surface area contributed by atoms with Crippen molar-refractivity contribution in [1.82, 2.24) is 20.0 Å². The maximum atomic E-state index is 12.8. The Bertz CT molecular complexity index is 1220. The summed E-state index contributed by atoms with van der Waals surface area (Å²) in [4.78, 5) is 18.2. The van der Waals surface area contributed by atoms with Gasteiger partial charge in [0.25, 0.3) is 0 Å². The van der Waals surface area contributed by atoms with Crippen molar-refractivity contribution in [2.45, 2.75) is 47.0 Å². The van der Waals surface area contributed by atoms with Crippen molar-refractivity contribution in [3.05, 3.63) is 40.4 Å². The van der Waals surface area contributed by atoms with Gasteiger partial charge in [-0.15, -0.1) is 26.3 Å². The largest absolute Gasteiger partial charge is 0.510 e. The van der Waals surface area contributed by atoms with E-state index < -0.39 is 24.1 Å². The summed E-state index contributed by atoms with van der Waals surface area (Å²) < 4.78 is 48.8. The highest BCUT2D eigenvalue weighted by atomic mass is 32.1. The zero-order valence-electron chi connectivity index (χ0n) is 19.1. The number of hydrogen-bond acceptors (Lipinski definition) is 8. The maximum Gasteiger partial charge on any atom is 0.510 e. The Hall–Kier alpha value is -3.46. The molecule has 1 atom stereocenters. The molecule has 1 aromatic carbocycles. The van der Waals surface area contributed by atoms with Crippen LogP contribution >= 0.6 is 11.3 Å². The first kappa shape index (κ1) is 25.2. The van der Waals surface area contributed by atoms with Crippen molar-refractivity contribution in [2.75, 3.05) is 6.61 Å². The van der Waals surface area contributed by atoms with E-state index in [9.17, 15) is 23.2 Å². The van der Waals surface area contributed by atoms with Crippen LogP contribution in [0.3, 0.4) is 0 Å². The molecule has 8 nitrogen and oxygen atoms in total. The topological polar surface area (TPSA) is 103 Å². The van der Waals surface area contributed by atoms with Gasteiger partial charge in [0.2, 0.25) is 6.23 Å². The Morgan fingerprint density at radius 1 is 1.18 bits per heavy atom. The molecule has 0 fully saturated rings. The quantitative estimate of drug-likeness (QED) is 0.403. The number of alkyl halides is 3. The summed E-state index contributed by atoms with van der Waals surface area (Å²) in [6.07, 6.45) is -6.28. The molecule has 1 unspecified atom stereocenters. The molecule has 180 valence electrons. The summed E-state index contributed by atoms with van der Waals surface area (Å²) in [6.45, 7) is 9.14. The second-order valence-corrected chi connectivity index (χ2v) is 9.85. The van der Waals surface area contributed by atoms with Crippen LogP contribution in [-0.2, 0) is 15.7 Å². The SMILES string of the molecule is Cc1sc(-c2ccc(C(F)(F)F)cc2)nc1-c1nn(C(C)OC(=O)OCC(C)(C)C)nc1C#N. The molecule has 0 aliphatic rings. The van der Waals surface area contributed by atoms with Gasteiger partial charge in [0, 0.05) is 10.4 Å². The number of ether oxygens (including phenoxy) is 2. The number of benzene rings is 1. The molecular weight excluding hydrogens is 471 g/mol. The Balaban J connectivity index is 1.84. The Morgan fingerprint density at radius 3 is 2.38 bits per heavy atom. The number of aromatic nitrogens is 4. The number of aryl methyl sites for hydroxylation is 1. The van der Waals surface area contributed by atoms with E-state index in [-0.39, 0.29) is 23.4 Å². The van der Waals surface area contributed by atoms with Crippen LogP contribution in [0.5, 0.6) is 0 Å². The molecule has 0 amide bonds. The first-order valence-corrected chi connectivity index (χ1v) is 11.0. The lowest BCUT2D eigenvalue weighted by Gasteiger charge is -2.18. The van der Waals surface area contributed by atoms with Crippen molar-refractivity contribution in [3.8, 4) is 28.0 Å². The van der Waals surface area contributed by atoms with Gasteiger partial charge in [-0.05, 0) is 31.4 Å². The fourth-order valence-electron chi connectivity index (χ4n) is 2.76. The minimum absolute atomic E-state index is 0.0362. The molecule has 34 heavy (non-hydrogen) atoms. The van der Waals surface area contributed by atoms with E-state index in [1.807, 2.05) is 26.8 Å². The van der Waals surface area contributed by atoms with Crippen LogP contribution in [0.2, 0.25) is 0 Å². The highest BCUT2D eigenvalue weighted by molar-refractivity contribution is 7.15. The predicted molar refractivity (Wildman–Crippen MR) is 118 cm³/mol. The number of nitrogens with zero attached hydrogens (tertiary/aromatic N) is 5. The highest BCUT2D eigenvalue weighted by Gasteiger charge is 2.30. The predicted octanol–water partition coefficient (Wildman–Crippen LogP) is 5.99. The molecule has 3 aromatic rings. The van der Waals surface area contributed by atoms with Crippen LogP contribution in [0.1, 0.15) is 50.1 Å². The first-order chi connectivity index (χ1) is 15.8. The molecule has 0 saturated heterocycles. The van der Waals surface area contributed by atoms with Crippen LogP contribution in [0.25, 0.3) is 22.0 Å². The van der Waals surface area contributed by atoms with E-state index in [1.165, 1.54) is 30.4 Å². The molecule has 2 heterocycles. The van der Waals surface area contributed by atoms with Gasteiger partial charge in [-0.2, -0.15) is 18.4 Å². The average molecular weight is 494 g/mol. The minimum atomic E-state index is -4.43. The molecule has 3 rings (SSSR count). The van der Waals surface area contributed by atoms with Gasteiger partial charge in [-0.3, -0.25) is 0 Å². The summed E-state index contributed by atoms with van der Waals surface area (Å²) in [6, 6.07) is 6.59. The average Bonchev–Trinajstić information content (AvgIpc) is 3.34. The molecular formula is C22H22F3N5O3S. The standard InChI is InChI=1S/C22H22F3N5O3S/c1-12-17(27-19(34-12)14-6-8-15(9-7-14)22(23,24)25)18-16(10-26)28-30(29-18)13(2)33-20(31)32-11-21(3,4)5/h6-9,13H,11H2,1-5H3. The minimum Gasteiger partial charge on any atom is -0.434 e. The van der Waals surface area contributed by atoms with E-state index in [0.29, 0.717) is 21.1 Å². The molecule has 0 aliphatic heterocycles. The molecule has 0 N–H and O–H groups in total. The van der Waals surface area contributed by atoms with E-state index in [1.54, 1.807) is 6.92 Å². The summed E-state index contributed by atoms with van der Waals surface area (Å²) in [5, 5.41) is 18.3.